The summed E-state index contributed by atoms with van der Waals surface area (Å²) >= 11 is 0. The van der Waals surface area contributed by atoms with Gasteiger partial charge in [0.05, 0.1) is 17.8 Å². The first-order chi connectivity index (χ1) is 11.7. The molecule has 2 aromatic rings. The summed E-state index contributed by atoms with van der Waals surface area (Å²) in [4.78, 5) is 15.5. The lowest BCUT2D eigenvalue weighted by Gasteiger charge is -2.41. The topological polar surface area (TPSA) is 49.6 Å². The van der Waals surface area contributed by atoms with Gasteiger partial charge in [-0.3, -0.25) is 4.90 Å². The molecule has 0 bridgehead atoms. The zero-order chi connectivity index (χ0) is 16.9. The summed E-state index contributed by atoms with van der Waals surface area (Å²) in [6.07, 6.45) is 0.806. The van der Waals surface area contributed by atoms with Gasteiger partial charge in [0, 0.05) is 26.2 Å². The van der Waals surface area contributed by atoms with Crippen molar-refractivity contribution >= 4 is 12.0 Å². The maximum Gasteiger partial charge on any atom is 0.146 e. The molecule has 0 saturated carbocycles. The number of nitrogens with zero attached hydrogens (tertiary/aromatic N) is 2. The van der Waals surface area contributed by atoms with Crippen molar-refractivity contribution in [1.82, 2.24) is 4.90 Å². The van der Waals surface area contributed by atoms with Crippen molar-refractivity contribution in [3.63, 3.8) is 0 Å². The van der Waals surface area contributed by atoms with E-state index in [-0.39, 0.29) is 11.9 Å². The van der Waals surface area contributed by atoms with Crippen molar-refractivity contribution in [1.29, 1.82) is 0 Å². The van der Waals surface area contributed by atoms with Gasteiger partial charge in [-0.15, -0.1) is 0 Å². The van der Waals surface area contributed by atoms with Crippen LogP contribution in [0.15, 0.2) is 54.6 Å². The molecule has 126 valence electrons. The SMILES string of the molecule is NC(C=O)C(c1ccccc1)N1CCN(c2ccccc2F)CC1. The van der Waals surface area contributed by atoms with Crippen molar-refractivity contribution < 1.29 is 9.18 Å². The van der Waals surface area contributed by atoms with E-state index in [1.54, 1.807) is 12.1 Å². The van der Waals surface area contributed by atoms with E-state index < -0.39 is 6.04 Å². The number of nitrogens with two attached hydrogens (primary N) is 1. The van der Waals surface area contributed by atoms with Gasteiger partial charge >= 0.3 is 0 Å². The molecule has 0 spiro atoms. The van der Waals surface area contributed by atoms with Crippen LogP contribution in [0.4, 0.5) is 10.1 Å². The summed E-state index contributed by atoms with van der Waals surface area (Å²) in [6.45, 7) is 2.87. The Morgan fingerprint density at radius 2 is 1.58 bits per heavy atom. The molecule has 1 fully saturated rings. The standard InChI is InChI=1S/C19H22FN3O/c20-16-8-4-5-9-18(16)22-10-12-23(13-11-22)19(17(21)14-24)15-6-2-1-3-7-15/h1-9,14,17,19H,10-13,21H2. The molecule has 2 unspecified atom stereocenters. The number of hydrogen-bond donors (Lipinski definition) is 1. The number of carbonyl (C=O) groups is 1. The molecule has 1 saturated heterocycles. The number of benzene rings is 2. The number of halogens is 1. The first-order valence-corrected chi connectivity index (χ1v) is 8.20. The molecule has 0 radical (unpaired) electrons. The fraction of sp³-hybridized carbons (Fsp3) is 0.316. The van der Waals surface area contributed by atoms with Gasteiger partial charge in [0.2, 0.25) is 0 Å². The molecule has 0 amide bonds. The zero-order valence-electron chi connectivity index (χ0n) is 13.5. The predicted octanol–water partition coefficient (Wildman–Crippen LogP) is 2.22. The summed E-state index contributed by atoms with van der Waals surface area (Å²) in [5.41, 5.74) is 7.74. The Morgan fingerprint density at radius 1 is 0.958 bits per heavy atom. The lowest BCUT2D eigenvalue weighted by molar-refractivity contribution is -0.110. The van der Waals surface area contributed by atoms with Crippen molar-refractivity contribution in [2.75, 3.05) is 31.1 Å². The average Bonchev–Trinajstić information content (AvgIpc) is 2.64. The molecule has 24 heavy (non-hydrogen) atoms. The molecule has 2 atom stereocenters. The maximum atomic E-state index is 14.0. The summed E-state index contributed by atoms with van der Waals surface area (Å²) in [7, 11) is 0. The largest absolute Gasteiger partial charge is 0.367 e. The number of aldehydes is 1. The minimum atomic E-state index is -0.576. The second kappa shape index (κ2) is 7.55. The van der Waals surface area contributed by atoms with Crippen LogP contribution in [-0.4, -0.2) is 43.4 Å². The highest BCUT2D eigenvalue weighted by molar-refractivity contribution is 5.59. The molecule has 4 nitrogen and oxygen atoms in total. The van der Waals surface area contributed by atoms with Gasteiger partial charge < -0.3 is 15.4 Å². The normalized spacial score (nSPS) is 18.2. The van der Waals surface area contributed by atoms with Gasteiger partial charge in [0.15, 0.2) is 0 Å². The van der Waals surface area contributed by atoms with Crippen LogP contribution < -0.4 is 10.6 Å². The summed E-state index contributed by atoms with van der Waals surface area (Å²) in [6, 6.07) is 16.0. The van der Waals surface area contributed by atoms with Crippen LogP contribution in [0.25, 0.3) is 0 Å². The molecule has 0 aliphatic carbocycles. The van der Waals surface area contributed by atoms with E-state index in [4.69, 9.17) is 5.73 Å². The lowest BCUT2D eigenvalue weighted by atomic mass is 9.98. The first-order valence-electron chi connectivity index (χ1n) is 8.20. The number of rotatable bonds is 5. The van der Waals surface area contributed by atoms with Crippen LogP contribution in [-0.2, 0) is 4.79 Å². The van der Waals surface area contributed by atoms with Gasteiger partial charge in [-0.2, -0.15) is 0 Å². The quantitative estimate of drug-likeness (QED) is 0.856. The number of anilines is 1. The Labute approximate surface area is 141 Å². The molecular weight excluding hydrogens is 305 g/mol. The third-order valence-corrected chi connectivity index (χ3v) is 4.56. The van der Waals surface area contributed by atoms with Gasteiger partial charge in [-0.05, 0) is 17.7 Å². The van der Waals surface area contributed by atoms with Crippen molar-refractivity contribution in [3.05, 3.63) is 66.0 Å². The first kappa shape index (κ1) is 16.6. The fourth-order valence-corrected chi connectivity index (χ4v) is 3.35. The highest BCUT2D eigenvalue weighted by atomic mass is 19.1. The van der Waals surface area contributed by atoms with E-state index in [9.17, 15) is 9.18 Å². The molecular formula is C19H22FN3O. The highest BCUT2D eigenvalue weighted by Gasteiger charge is 2.29. The third kappa shape index (κ3) is 3.47. The number of hydrogen-bond acceptors (Lipinski definition) is 4. The molecule has 0 aromatic heterocycles. The maximum absolute atomic E-state index is 14.0. The van der Waals surface area contributed by atoms with E-state index >= 15 is 0 Å². The Balaban J connectivity index is 1.74. The Morgan fingerprint density at radius 3 is 2.21 bits per heavy atom. The van der Waals surface area contributed by atoms with Gasteiger partial charge in [0.25, 0.3) is 0 Å². The van der Waals surface area contributed by atoms with Crippen molar-refractivity contribution in [3.8, 4) is 0 Å². The number of carbonyl (C=O) groups excluding carboxylic acids is 1. The molecule has 5 heteroatoms. The van der Waals surface area contributed by atoms with E-state index in [0.717, 1.165) is 24.9 Å². The smallest absolute Gasteiger partial charge is 0.146 e. The Bertz CT molecular complexity index is 671. The summed E-state index contributed by atoms with van der Waals surface area (Å²) in [5, 5.41) is 0. The monoisotopic (exact) mass is 327 g/mol. The van der Waals surface area contributed by atoms with E-state index in [1.807, 2.05) is 41.3 Å². The molecule has 2 N–H and O–H groups in total. The molecule has 3 rings (SSSR count). The van der Waals surface area contributed by atoms with Crippen LogP contribution in [0.1, 0.15) is 11.6 Å². The average molecular weight is 327 g/mol. The minimum Gasteiger partial charge on any atom is -0.367 e. The number of para-hydroxylation sites is 1. The van der Waals surface area contributed by atoms with E-state index in [1.165, 1.54) is 6.07 Å². The Kier molecular flexibility index (Phi) is 5.23. The highest BCUT2D eigenvalue weighted by Crippen LogP contribution is 2.26. The second-order valence-corrected chi connectivity index (χ2v) is 6.04. The van der Waals surface area contributed by atoms with Gasteiger partial charge in [-0.1, -0.05) is 42.5 Å². The van der Waals surface area contributed by atoms with Gasteiger partial charge in [-0.25, -0.2) is 4.39 Å². The number of piperazine rings is 1. The van der Waals surface area contributed by atoms with Crippen molar-refractivity contribution in [2.24, 2.45) is 5.73 Å². The zero-order valence-corrected chi connectivity index (χ0v) is 13.5. The van der Waals surface area contributed by atoms with Crippen molar-refractivity contribution in [2.45, 2.75) is 12.1 Å². The fourth-order valence-electron chi connectivity index (χ4n) is 3.35. The van der Waals surface area contributed by atoms with E-state index in [0.29, 0.717) is 18.8 Å². The molecule has 2 aromatic carbocycles. The van der Waals surface area contributed by atoms with E-state index in [2.05, 4.69) is 4.90 Å². The van der Waals surface area contributed by atoms with Crippen LogP contribution in [0, 0.1) is 5.82 Å². The van der Waals surface area contributed by atoms with Gasteiger partial charge in [0.1, 0.15) is 12.1 Å². The molecule has 1 aliphatic rings. The third-order valence-electron chi connectivity index (χ3n) is 4.56. The lowest BCUT2D eigenvalue weighted by Crippen LogP contribution is -2.52. The molecule has 1 aliphatic heterocycles. The van der Waals surface area contributed by atoms with Crippen LogP contribution in [0.2, 0.25) is 0 Å². The van der Waals surface area contributed by atoms with Crippen LogP contribution in [0.3, 0.4) is 0 Å². The van der Waals surface area contributed by atoms with Crippen LogP contribution >= 0.6 is 0 Å². The van der Waals surface area contributed by atoms with Crippen LogP contribution in [0.5, 0.6) is 0 Å². The second-order valence-electron chi connectivity index (χ2n) is 6.04. The minimum absolute atomic E-state index is 0.147. The molecule has 1 heterocycles. The summed E-state index contributed by atoms with van der Waals surface area (Å²) < 4.78 is 14.0. The Hall–Kier alpha value is -2.24. The predicted molar refractivity (Wildman–Crippen MR) is 93.4 cm³/mol. The summed E-state index contributed by atoms with van der Waals surface area (Å²) in [5.74, 6) is -0.199.